The molecule has 4 N–H and O–H groups in total. The normalized spacial score (nSPS) is 17.1. The van der Waals surface area contributed by atoms with Crippen LogP contribution in [0.2, 0.25) is 0 Å². The summed E-state index contributed by atoms with van der Waals surface area (Å²) in [5.74, 6) is -0.361. The largest absolute Gasteiger partial charge is 0.369 e. The monoisotopic (exact) mass is 229 g/mol. The summed E-state index contributed by atoms with van der Waals surface area (Å²) in [4.78, 5) is 13.4. The maximum Gasteiger partial charge on any atom is 0.221 e. The van der Waals surface area contributed by atoms with Gasteiger partial charge in [-0.05, 0) is 26.3 Å². The van der Waals surface area contributed by atoms with Crippen molar-refractivity contribution in [3.8, 4) is 0 Å². The Morgan fingerprint density at radius 3 is 2.31 bits per heavy atom. The van der Waals surface area contributed by atoms with Gasteiger partial charge in [-0.15, -0.1) is 0 Å². The number of hydrogen-bond donors (Lipinski definition) is 2. The molecule has 2 atom stereocenters. The molecule has 0 aromatic carbocycles. The smallest absolute Gasteiger partial charge is 0.221 e. The van der Waals surface area contributed by atoms with Crippen molar-refractivity contribution in [1.29, 1.82) is 0 Å². The van der Waals surface area contributed by atoms with Gasteiger partial charge in [0.25, 0.3) is 0 Å². The van der Waals surface area contributed by atoms with Crippen molar-refractivity contribution in [3.63, 3.8) is 0 Å². The van der Waals surface area contributed by atoms with E-state index in [1.165, 1.54) is 0 Å². The van der Waals surface area contributed by atoms with Gasteiger partial charge in [0.2, 0.25) is 5.91 Å². The van der Waals surface area contributed by atoms with Gasteiger partial charge in [0.15, 0.2) is 0 Å². The summed E-state index contributed by atoms with van der Waals surface area (Å²) in [7, 11) is 0. The molecule has 16 heavy (non-hydrogen) atoms. The second kappa shape index (κ2) is 6.86. The van der Waals surface area contributed by atoms with Crippen LogP contribution in [0.15, 0.2) is 0 Å². The molecule has 0 spiro atoms. The first kappa shape index (κ1) is 15.4. The third kappa shape index (κ3) is 4.10. The summed E-state index contributed by atoms with van der Waals surface area (Å²) in [5.41, 5.74) is 11.1. The fraction of sp³-hybridized carbons (Fsp3) is 0.917. The number of nitrogens with zero attached hydrogens (tertiary/aromatic N) is 1. The first-order valence-corrected chi connectivity index (χ1v) is 6.15. The van der Waals surface area contributed by atoms with E-state index in [4.69, 9.17) is 11.5 Å². The second-order valence-corrected chi connectivity index (χ2v) is 4.80. The molecule has 0 fully saturated rings. The highest BCUT2D eigenvalue weighted by Gasteiger charge is 2.29. The summed E-state index contributed by atoms with van der Waals surface area (Å²) in [5, 5.41) is 0. The Hall–Kier alpha value is -0.610. The molecule has 0 aliphatic heterocycles. The average molecular weight is 229 g/mol. The molecule has 4 heteroatoms. The first-order valence-electron chi connectivity index (χ1n) is 6.15. The Morgan fingerprint density at radius 2 is 2.00 bits per heavy atom. The predicted molar refractivity (Wildman–Crippen MR) is 68.0 cm³/mol. The summed E-state index contributed by atoms with van der Waals surface area (Å²) in [6.07, 6.45) is 2.04. The van der Waals surface area contributed by atoms with E-state index < -0.39 is 0 Å². The standard InChI is InChI=1S/C12H27N3O/c1-5-7-15(8-10(3)11(14)16)12(4,6-2)9-13/h10H,5-9,13H2,1-4H3,(H2,14,16). The Labute approximate surface area is 99.4 Å². The van der Waals surface area contributed by atoms with E-state index in [0.717, 1.165) is 19.4 Å². The van der Waals surface area contributed by atoms with Crippen molar-refractivity contribution in [2.75, 3.05) is 19.6 Å². The van der Waals surface area contributed by atoms with Gasteiger partial charge in [-0.25, -0.2) is 0 Å². The summed E-state index contributed by atoms with van der Waals surface area (Å²) in [6.45, 7) is 10.5. The molecular weight excluding hydrogens is 202 g/mol. The van der Waals surface area contributed by atoms with Crippen LogP contribution in [0.5, 0.6) is 0 Å². The fourth-order valence-corrected chi connectivity index (χ4v) is 1.77. The number of primary amides is 1. The SMILES string of the molecule is CCCN(CC(C)C(N)=O)C(C)(CC)CN. The Kier molecular flexibility index (Phi) is 6.60. The van der Waals surface area contributed by atoms with Crippen LogP contribution in [0.3, 0.4) is 0 Å². The zero-order valence-electron chi connectivity index (χ0n) is 11.1. The van der Waals surface area contributed by atoms with Crippen LogP contribution in [-0.2, 0) is 4.79 Å². The lowest BCUT2D eigenvalue weighted by molar-refractivity contribution is -0.122. The van der Waals surface area contributed by atoms with E-state index in [-0.39, 0.29) is 17.4 Å². The third-order valence-corrected chi connectivity index (χ3v) is 3.44. The lowest BCUT2D eigenvalue weighted by Gasteiger charge is -2.41. The van der Waals surface area contributed by atoms with E-state index >= 15 is 0 Å². The minimum Gasteiger partial charge on any atom is -0.369 e. The Balaban J connectivity index is 4.65. The van der Waals surface area contributed by atoms with Crippen LogP contribution < -0.4 is 11.5 Å². The number of nitrogens with two attached hydrogens (primary N) is 2. The molecular formula is C12H27N3O. The molecule has 0 radical (unpaired) electrons. The molecule has 0 aliphatic carbocycles. The van der Waals surface area contributed by atoms with Gasteiger partial charge in [-0.1, -0.05) is 20.8 Å². The first-order chi connectivity index (χ1) is 7.41. The molecule has 0 rings (SSSR count). The molecule has 0 saturated carbocycles. The average Bonchev–Trinajstić information content (AvgIpc) is 2.27. The lowest BCUT2D eigenvalue weighted by Crippen LogP contribution is -2.53. The molecule has 0 aromatic heterocycles. The van der Waals surface area contributed by atoms with Crippen LogP contribution in [-0.4, -0.2) is 36.0 Å². The van der Waals surface area contributed by atoms with E-state index in [2.05, 4.69) is 25.7 Å². The maximum absolute atomic E-state index is 11.1. The van der Waals surface area contributed by atoms with Gasteiger partial charge in [0.1, 0.15) is 0 Å². The highest BCUT2D eigenvalue weighted by atomic mass is 16.1. The molecule has 1 amide bonds. The second-order valence-electron chi connectivity index (χ2n) is 4.80. The molecule has 0 aliphatic rings. The van der Waals surface area contributed by atoms with Gasteiger partial charge in [-0.2, -0.15) is 0 Å². The summed E-state index contributed by atoms with van der Waals surface area (Å²) < 4.78 is 0. The summed E-state index contributed by atoms with van der Waals surface area (Å²) in [6, 6.07) is 0. The van der Waals surface area contributed by atoms with Gasteiger partial charge in [0.05, 0.1) is 0 Å². The predicted octanol–water partition coefficient (Wildman–Crippen LogP) is 0.947. The highest BCUT2D eigenvalue weighted by molar-refractivity contribution is 5.76. The van der Waals surface area contributed by atoms with E-state index in [9.17, 15) is 4.79 Å². The molecule has 0 heterocycles. The molecule has 0 aromatic rings. The highest BCUT2D eigenvalue weighted by Crippen LogP contribution is 2.19. The van der Waals surface area contributed by atoms with Crippen molar-refractivity contribution < 1.29 is 4.79 Å². The van der Waals surface area contributed by atoms with Crippen LogP contribution in [0.25, 0.3) is 0 Å². The quantitative estimate of drug-likeness (QED) is 0.651. The minimum absolute atomic E-state index is 0.0281. The number of carbonyl (C=O) groups is 1. The van der Waals surface area contributed by atoms with E-state index in [0.29, 0.717) is 13.1 Å². The number of hydrogen-bond acceptors (Lipinski definition) is 3. The number of carbonyl (C=O) groups excluding carboxylic acids is 1. The maximum atomic E-state index is 11.1. The van der Waals surface area contributed by atoms with Crippen molar-refractivity contribution in [1.82, 2.24) is 4.90 Å². The Morgan fingerprint density at radius 1 is 1.44 bits per heavy atom. The third-order valence-electron chi connectivity index (χ3n) is 3.44. The van der Waals surface area contributed by atoms with Gasteiger partial charge >= 0.3 is 0 Å². The van der Waals surface area contributed by atoms with Crippen LogP contribution >= 0.6 is 0 Å². The molecule has 0 saturated heterocycles. The van der Waals surface area contributed by atoms with Gasteiger partial charge < -0.3 is 11.5 Å². The topological polar surface area (TPSA) is 72.3 Å². The van der Waals surface area contributed by atoms with E-state index in [1.807, 2.05) is 6.92 Å². The number of amides is 1. The lowest BCUT2D eigenvalue weighted by atomic mass is 9.94. The molecule has 96 valence electrons. The Bertz CT molecular complexity index is 214. The van der Waals surface area contributed by atoms with Crippen LogP contribution in [0.4, 0.5) is 0 Å². The molecule has 4 nitrogen and oxygen atoms in total. The van der Waals surface area contributed by atoms with Crippen molar-refractivity contribution >= 4 is 5.91 Å². The molecule has 0 bridgehead atoms. The van der Waals surface area contributed by atoms with Crippen molar-refractivity contribution in [3.05, 3.63) is 0 Å². The minimum atomic E-state index is -0.239. The van der Waals surface area contributed by atoms with Crippen molar-refractivity contribution in [2.24, 2.45) is 17.4 Å². The molecule has 2 unspecified atom stereocenters. The fourth-order valence-electron chi connectivity index (χ4n) is 1.77. The van der Waals surface area contributed by atoms with Crippen LogP contribution in [0, 0.1) is 5.92 Å². The zero-order chi connectivity index (χ0) is 12.8. The van der Waals surface area contributed by atoms with E-state index in [1.54, 1.807) is 0 Å². The van der Waals surface area contributed by atoms with Gasteiger partial charge in [0, 0.05) is 24.5 Å². The van der Waals surface area contributed by atoms with Gasteiger partial charge in [-0.3, -0.25) is 9.69 Å². The zero-order valence-corrected chi connectivity index (χ0v) is 11.1. The number of rotatable bonds is 8. The van der Waals surface area contributed by atoms with Crippen molar-refractivity contribution in [2.45, 2.75) is 46.1 Å². The van der Waals surface area contributed by atoms with Crippen LogP contribution in [0.1, 0.15) is 40.5 Å². The summed E-state index contributed by atoms with van der Waals surface area (Å²) >= 11 is 0.